The van der Waals surface area contributed by atoms with Gasteiger partial charge >= 0.3 is 0 Å². The molecule has 35 heavy (non-hydrogen) atoms. The number of nitrogens with zero attached hydrogens (tertiary/aromatic N) is 1. The van der Waals surface area contributed by atoms with E-state index >= 15 is 0 Å². The summed E-state index contributed by atoms with van der Waals surface area (Å²) in [6, 6.07) is 19.3. The average molecular weight is 631 g/mol. The fraction of sp³-hybridized carbons (Fsp3) is 0.111. The molecule has 0 unspecified atom stereocenters. The molecule has 4 nitrogen and oxygen atoms in total. The van der Waals surface area contributed by atoms with Gasteiger partial charge in [0.15, 0.2) is 15.8 Å². The molecule has 0 bridgehead atoms. The second-order valence-corrected chi connectivity index (χ2v) is 11.1. The second-order valence-electron chi connectivity index (χ2n) is 7.61. The van der Waals surface area contributed by atoms with E-state index in [1.807, 2.05) is 72.8 Å². The number of amides is 1. The Bertz CT molecular complexity index is 1310. The highest BCUT2D eigenvalue weighted by Crippen LogP contribution is 2.39. The molecule has 1 fully saturated rings. The first-order valence-electron chi connectivity index (χ1n) is 10.6. The second kappa shape index (κ2) is 11.6. The van der Waals surface area contributed by atoms with Gasteiger partial charge in [0.05, 0.1) is 17.7 Å². The molecule has 0 aliphatic carbocycles. The molecule has 1 aliphatic rings. The van der Waals surface area contributed by atoms with E-state index in [0.717, 1.165) is 31.3 Å². The number of carbonyl (C=O) groups is 1. The summed E-state index contributed by atoms with van der Waals surface area (Å²) in [7, 11) is 1.61. The van der Waals surface area contributed by atoms with Crippen LogP contribution in [0.5, 0.6) is 11.5 Å². The van der Waals surface area contributed by atoms with Crippen molar-refractivity contribution >= 4 is 77.8 Å². The SMILES string of the molecule is C=CCc1cc(/C=C2\SC(=S)N(c3ccc(Br)cc3)C2=O)cc(OC)c1OCc1ccc(Br)cc1. The van der Waals surface area contributed by atoms with Gasteiger partial charge in [0.2, 0.25) is 0 Å². The molecule has 0 aromatic heterocycles. The third-order valence-electron chi connectivity index (χ3n) is 5.21. The van der Waals surface area contributed by atoms with Crippen molar-refractivity contribution in [3.05, 3.63) is 104 Å². The molecular formula is C27H21Br2NO3S2. The number of methoxy groups -OCH3 is 1. The lowest BCUT2D eigenvalue weighted by molar-refractivity contribution is -0.113. The van der Waals surface area contributed by atoms with Crippen LogP contribution in [-0.2, 0) is 17.8 Å². The topological polar surface area (TPSA) is 38.8 Å². The van der Waals surface area contributed by atoms with Gasteiger partial charge < -0.3 is 9.47 Å². The van der Waals surface area contributed by atoms with Crippen LogP contribution >= 0.6 is 55.8 Å². The van der Waals surface area contributed by atoms with E-state index in [1.54, 1.807) is 12.0 Å². The maximum absolute atomic E-state index is 13.2. The molecule has 0 saturated carbocycles. The van der Waals surface area contributed by atoms with Crippen LogP contribution in [0.3, 0.4) is 0 Å². The fourth-order valence-corrected chi connectivity index (χ4v) is 5.39. The van der Waals surface area contributed by atoms with Gasteiger partial charge in [0, 0.05) is 14.5 Å². The lowest BCUT2D eigenvalue weighted by atomic mass is 10.0. The summed E-state index contributed by atoms with van der Waals surface area (Å²) in [6.45, 7) is 4.28. The lowest BCUT2D eigenvalue weighted by Crippen LogP contribution is -2.27. The number of carbonyl (C=O) groups excluding carboxylic acids is 1. The van der Waals surface area contributed by atoms with Crippen molar-refractivity contribution < 1.29 is 14.3 Å². The van der Waals surface area contributed by atoms with Crippen LogP contribution in [0.25, 0.3) is 6.08 Å². The first kappa shape index (κ1) is 25.7. The number of thioether (sulfide) groups is 1. The number of hydrogen-bond acceptors (Lipinski definition) is 5. The van der Waals surface area contributed by atoms with Crippen molar-refractivity contribution in [3.63, 3.8) is 0 Å². The molecule has 0 radical (unpaired) electrons. The molecule has 0 atom stereocenters. The van der Waals surface area contributed by atoms with Gasteiger partial charge in [-0.2, -0.15) is 0 Å². The first-order chi connectivity index (χ1) is 16.9. The number of ether oxygens (including phenoxy) is 2. The number of hydrogen-bond donors (Lipinski definition) is 0. The van der Waals surface area contributed by atoms with E-state index in [-0.39, 0.29) is 5.91 Å². The van der Waals surface area contributed by atoms with Crippen molar-refractivity contribution in [2.45, 2.75) is 13.0 Å². The van der Waals surface area contributed by atoms with Gasteiger partial charge in [-0.1, -0.05) is 74.0 Å². The zero-order valence-corrected chi connectivity index (χ0v) is 23.6. The molecule has 178 valence electrons. The average Bonchev–Trinajstić information content (AvgIpc) is 3.12. The smallest absolute Gasteiger partial charge is 0.270 e. The Balaban J connectivity index is 1.63. The van der Waals surface area contributed by atoms with E-state index in [9.17, 15) is 4.79 Å². The number of halogens is 2. The third kappa shape index (κ3) is 6.06. The fourth-order valence-electron chi connectivity index (χ4n) is 3.56. The molecule has 8 heteroatoms. The quantitative estimate of drug-likeness (QED) is 0.144. The predicted octanol–water partition coefficient (Wildman–Crippen LogP) is 7.93. The van der Waals surface area contributed by atoms with E-state index in [0.29, 0.717) is 33.8 Å². The van der Waals surface area contributed by atoms with Crippen LogP contribution < -0.4 is 14.4 Å². The number of benzene rings is 3. The highest BCUT2D eigenvalue weighted by atomic mass is 79.9. The molecule has 4 rings (SSSR count). The molecule has 1 saturated heterocycles. The highest BCUT2D eigenvalue weighted by molar-refractivity contribution is 9.10. The number of anilines is 1. The Morgan fingerprint density at radius 1 is 1.06 bits per heavy atom. The minimum Gasteiger partial charge on any atom is -0.493 e. The Morgan fingerprint density at radius 2 is 1.71 bits per heavy atom. The molecular weight excluding hydrogens is 610 g/mol. The molecule has 1 amide bonds. The molecule has 3 aromatic carbocycles. The minimum atomic E-state index is -0.151. The zero-order chi connectivity index (χ0) is 24.9. The van der Waals surface area contributed by atoms with Crippen molar-refractivity contribution in [1.29, 1.82) is 0 Å². The summed E-state index contributed by atoms with van der Waals surface area (Å²) in [6.07, 6.45) is 4.25. The highest BCUT2D eigenvalue weighted by Gasteiger charge is 2.33. The van der Waals surface area contributed by atoms with Crippen LogP contribution in [0.2, 0.25) is 0 Å². The standard InChI is InChI=1S/C27H21Br2NO3S2/c1-3-4-19-13-18(14-23(32-2)25(19)33-16-17-5-7-20(28)8-6-17)15-24-26(31)30(27(34)35-24)22-11-9-21(29)10-12-22/h3,5-15H,1,4,16H2,2H3/b24-15-. The maximum Gasteiger partial charge on any atom is 0.270 e. The van der Waals surface area contributed by atoms with Crippen LogP contribution in [0.1, 0.15) is 16.7 Å². The predicted molar refractivity (Wildman–Crippen MR) is 155 cm³/mol. The summed E-state index contributed by atoms with van der Waals surface area (Å²) < 4.78 is 14.3. The Hall–Kier alpha value is -2.39. The van der Waals surface area contributed by atoms with Crippen molar-refractivity contribution in [2.24, 2.45) is 0 Å². The van der Waals surface area contributed by atoms with Crippen LogP contribution in [0, 0.1) is 0 Å². The lowest BCUT2D eigenvalue weighted by Gasteiger charge is -2.16. The van der Waals surface area contributed by atoms with Crippen molar-refractivity contribution in [1.82, 2.24) is 0 Å². The van der Waals surface area contributed by atoms with Gasteiger partial charge in [0.1, 0.15) is 6.61 Å². The summed E-state index contributed by atoms with van der Waals surface area (Å²) in [5.41, 5.74) is 3.53. The maximum atomic E-state index is 13.2. The van der Waals surface area contributed by atoms with Gasteiger partial charge in [-0.25, -0.2) is 0 Å². The molecule has 1 heterocycles. The Labute approximate surface area is 231 Å². The monoisotopic (exact) mass is 629 g/mol. The van der Waals surface area contributed by atoms with Gasteiger partial charge in [-0.3, -0.25) is 9.69 Å². The van der Waals surface area contributed by atoms with Gasteiger partial charge in [-0.15, -0.1) is 6.58 Å². The summed E-state index contributed by atoms with van der Waals surface area (Å²) >= 11 is 13.7. The van der Waals surface area contributed by atoms with Crippen LogP contribution in [0.4, 0.5) is 5.69 Å². The molecule has 0 spiro atoms. The van der Waals surface area contributed by atoms with Crippen LogP contribution in [-0.4, -0.2) is 17.3 Å². The number of allylic oxidation sites excluding steroid dienone is 1. The van der Waals surface area contributed by atoms with E-state index in [1.165, 1.54) is 11.8 Å². The Morgan fingerprint density at radius 3 is 2.34 bits per heavy atom. The summed E-state index contributed by atoms with van der Waals surface area (Å²) in [5, 5.41) is 0. The number of thiocarbonyl (C=S) groups is 1. The zero-order valence-electron chi connectivity index (χ0n) is 18.8. The van der Waals surface area contributed by atoms with E-state index in [2.05, 4.69) is 38.4 Å². The first-order valence-corrected chi connectivity index (χ1v) is 13.4. The summed E-state index contributed by atoms with van der Waals surface area (Å²) in [5.74, 6) is 1.10. The number of rotatable bonds is 8. The van der Waals surface area contributed by atoms with Crippen LogP contribution in [0.15, 0.2) is 87.2 Å². The van der Waals surface area contributed by atoms with Crippen molar-refractivity contribution in [2.75, 3.05) is 12.0 Å². The minimum absolute atomic E-state index is 0.151. The largest absolute Gasteiger partial charge is 0.493 e. The van der Waals surface area contributed by atoms with Gasteiger partial charge in [-0.05, 0) is 72.2 Å². The Kier molecular flexibility index (Phi) is 8.49. The molecule has 1 aliphatic heterocycles. The van der Waals surface area contributed by atoms with E-state index < -0.39 is 0 Å². The van der Waals surface area contributed by atoms with Crippen molar-refractivity contribution in [3.8, 4) is 11.5 Å². The normalized spacial score (nSPS) is 14.5. The van der Waals surface area contributed by atoms with Gasteiger partial charge in [0.25, 0.3) is 5.91 Å². The molecule has 0 N–H and O–H groups in total. The van der Waals surface area contributed by atoms with E-state index in [4.69, 9.17) is 21.7 Å². The molecule has 3 aromatic rings. The summed E-state index contributed by atoms with van der Waals surface area (Å²) in [4.78, 5) is 15.3. The third-order valence-corrected chi connectivity index (χ3v) is 7.57.